The van der Waals surface area contributed by atoms with Crippen LogP contribution in [0.3, 0.4) is 0 Å². The summed E-state index contributed by atoms with van der Waals surface area (Å²) in [5.41, 5.74) is 2.04. The van der Waals surface area contributed by atoms with E-state index in [0.717, 1.165) is 25.0 Å². The van der Waals surface area contributed by atoms with E-state index in [1.54, 1.807) is 18.5 Å². The molecule has 0 saturated carbocycles. The third-order valence-corrected chi connectivity index (χ3v) is 3.28. The first-order valence-electron chi connectivity index (χ1n) is 6.67. The number of H-pyrrole nitrogens is 1. The summed E-state index contributed by atoms with van der Waals surface area (Å²) in [4.78, 5) is 16.1. The van der Waals surface area contributed by atoms with Gasteiger partial charge < -0.3 is 10.1 Å². The van der Waals surface area contributed by atoms with Crippen molar-refractivity contribution >= 4 is 5.91 Å². The van der Waals surface area contributed by atoms with E-state index in [2.05, 4.69) is 20.5 Å². The number of nitrogens with zero attached hydrogens (tertiary/aromatic N) is 2. The molecule has 2 N–H and O–H groups in total. The SMILES string of the molecule is O=C(N[C@H]1CCCOC1)c1cc(-c2cccnc2)n[nH]1. The molecule has 20 heavy (non-hydrogen) atoms. The summed E-state index contributed by atoms with van der Waals surface area (Å²) < 4.78 is 5.34. The van der Waals surface area contributed by atoms with Crippen LogP contribution >= 0.6 is 0 Å². The molecule has 0 aliphatic carbocycles. The van der Waals surface area contributed by atoms with Gasteiger partial charge in [-0.25, -0.2) is 0 Å². The fourth-order valence-corrected chi connectivity index (χ4v) is 2.22. The van der Waals surface area contributed by atoms with Crippen molar-refractivity contribution < 1.29 is 9.53 Å². The van der Waals surface area contributed by atoms with Crippen LogP contribution in [-0.4, -0.2) is 40.3 Å². The number of hydrogen-bond donors (Lipinski definition) is 2. The Morgan fingerprint density at radius 3 is 3.20 bits per heavy atom. The number of ether oxygens (including phenoxy) is 1. The Bertz CT molecular complexity index is 576. The van der Waals surface area contributed by atoms with Gasteiger partial charge in [0.25, 0.3) is 5.91 Å². The Morgan fingerprint density at radius 1 is 1.50 bits per heavy atom. The number of aromatic amines is 1. The number of aromatic nitrogens is 3. The quantitative estimate of drug-likeness (QED) is 0.884. The van der Waals surface area contributed by atoms with Crippen LogP contribution in [0.1, 0.15) is 23.3 Å². The van der Waals surface area contributed by atoms with Gasteiger partial charge in [-0.3, -0.25) is 14.9 Å². The van der Waals surface area contributed by atoms with E-state index in [1.165, 1.54) is 0 Å². The highest BCUT2D eigenvalue weighted by molar-refractivity contribution is 5.93. The van der Waals surface area contributed by atoms with Gasteiger partial charge in [-0.15, -0.1) is 0 Å². The standard InChI is InChI=1S/C14H16N4O2/c19-14(16-11-4-2-6-20-9-11)13-7-12(17-18-13)10-3-1-5-15-8-10/h1,3,5,7-8,11H,2,4,6,9H2,(H,16,19)(H,17,18)/t11-/m0/s1. The van der Waals surface area contributed by atoms with Gasteiger partial charge in [0.15, 0.2) is 0 Å². The summed E-state index contributed by atoms with van der Waals surface area (Å²) in [6, 6.07) is 5.56. The molecule has 3 rings (SSSR count). The van der Waals surface area contributed by atoms with Gasteiger partial charge in [0.1, 0.15) is 5.69 Å². The molecule has 0 spiro atoms. The highest BCUT2D eigenvalue weighted by Crippen LogP contribution is 2.16. The number of hydrogen-bond acceptors (Lipinski definition) is 4. The van der Waals surface area contributed by atoms with Crippen molar-refractivity contribution in [3.8, 4) is 11.3 Å². The minimum Gasteiger partial charge on any atom is -0.379 e. The first-order chi connectivity index (χ1) is 9.83. The molecular formula is C14H16N4O2. The number of amides is 1. The molecule has 104 valence electrons. The minimum atomic E-state index is -0.150. The van der Waals surface area contributed by atoms with E-state index in [1.807, 2.05) is 12.1 Å². The molecule has 1 aliphatic rings. The number of pyridine rings is 1. The molecule has 1 fully saturated rings. The molecule has 1 amide bonds. The normalized spacial score (nSPS) is 18.7. The van der Waals surface area contributed by atoms with E-state index >= 15 is 0 Å². The molecule has 1 saturated heterocycles. The molecular weight excluding hydrogens is 256 g/mol. The second-order valence-electron chi connectivity index (χ2n) is 4.80. The number of nitrogens with one attached hydrogen (secondary N) is 2. The summed E-state index contributed by atoms with van der Waals surface area (Å²) in [7, 11) is 0. The molecule has 6 heteroatoms. The lowest BCUT2D eigenvalue weighted by Gasteiger charge is -2.22. The molecule has 0 bridgehead atoms. The van der Waals surface area contributed by atoms with Gasteiger partial charge >= 0.3 is 0 Å². The van der Waals surface area contributed by atoms with Crippen molar-refractivity contribution in [1.82, 2.24) is 20.5 Å². The largest absolute Gasteiger partial charge is 0.379 e. The fraction of sp³-hybridized carbons (Fsp3) is 0.357. The molecule has 0 radical (unpaired) electrons. The van der Waals surface area contributed by atoms with E-state index in [4.69, 9.17) is 4.74 Å². The van der Waals surface area contributed by atoms with E-state index in [0.29, 0.717) is 18.0 Å². The van der Waals surface area contributed by atoms with Gasteiger partial charge in [0, 0.05) is 24.6 Å². The first kappa shape index (κ1) is 12.8. The fourth-order valence-electron chi connectivity index (χ4n) is 2.22. The third kappa shape index (κ3) is 2.85. The predicted octanol–water partition coefficient (Wildman–Crippen LogP) is 1.38. The average Bonchev–Trinajstić information content (AvgIpc) is 2.99. The topological polar surface area (TPSA) is 79.9 Å². The molecule has 6 nitrogen and oxygen atoms in total. The monoisotopic (exact) mass is 272 g/mol. The van der Waals surface area contributed by atoms with Crippen molar-refractivity contribution in [2.45, 2.75) is 18.9 Å². The molecule has 3 heterocycles. The van der Waals surface area contributed by atoms with E-state index in [-0.39, 0.29) is 11.9 Å². The van der Waals surface area contributed by atoms with Gasteiger partial charge in [-0.1, -0.05) is 0 Å². The summed E-state index contributed by atoms with van der Waals surface area (Å²) in [6.07, 6.45) is 5.35. The average molecular weight is 272 g/mol. The third-order valence-electron chi connectivity index (χ3n) is 3.28. The van der Waals surface area contributed by atoms with Crippen LogP contribution in [0.25, 0.3) is 11.3 Å². The Kier molecular flexibility index (Phi) is 3.73. The Hall–Kier alpha value is -2.21. The number of rotatable bonds is 3. The number of carbonyl (C=O) groups excluding carboxylic acids is 1. The number of carbonyl (C=O) groups is 1. The maximum atomic E-state index is 12.1. The van der Waals surface area contributed by atoms with Gasteiger partial charge in [-0.2, -0.15) is 5.10 Å². The Morgan fingerprint density at radius 2 is 2.45 bits per heavy atom. The van der Waals surface area contributed by atoms with E-state index in [9.17, 15) is 4.79 Å². The van der Waals surface area contributed by atoms with Crippen LogP contribution in [0.4, 0.5) is 0 Å². The zero-order valence-corrected chi connectivity index (χ0v) is 11.0. The predicted molar refractivity (Wildman–Crippen MR) is 73.1 cm³/mol. The van der Waals surface area contributed by atoms with Crippen LogP contribution in [-0.2, 0) is 4.74 Å². The van der Waals surface area contributed by atoms with Crippen molar-refractivity contribution in [1.29, 1.82) is 0 Å². The van der Waals surface area contributed by atoms with Crippen molar-refractivity contribution in [2.24, 2.45) is 0 Å². The van der Waals surface area contributed by atoms with E-state index < -0.39 is 0 Å². The maximum Gasteiger partial charge on any atom is 0.269 e. The van der Waals surface area contributed by atoms with Crippen molar-refractivity contribution in [3.05, 3.63) is 36.3 Å². The van der Waals surface area contributed by atoms with Gasteiger partial charge in [0.2, 0.25) is 0 Å². The molecule has 0 aromatic carbocycles. The molecule has 0 unspecified atom stereocenters. The molecule has 2 aromatic rings. The van der Waals surface area contributed by atoms with Crippen LogP contribution in [0.5, 0.6) is 0 Å². The molecule has 1 atom stereocenters. The Balaban J connectivity index is 1.68. The van der Waals surface area contributed by atoms with Gasteiger partial charge in [0.05, 0.1) is 18.3 Å². The lowest BCUT2D eigenvalue weighted by atomic mass is 10.1. The maximum absolute atomic E-state index is 12.1. The second kappa shape index (κ2) is 5.83. The highest BCUT2D eigenvalue weighted by Gasteiger charge is 2.18. The highest BCUT2D eigenvalue weighted by atomic mass is 16.5. The minimum absolute atomic E-state index is 0.0846. The summed E-state index contributed by atoms with van der Waals surface area (Å²) in [5.74, 6) is -0.150. The van der Waals surface area contributed by atoms with Crippen LogP contribution < -0.4 is 5.32 Å². The Labute approximate surface area is 116 Å². The lowest BCUT2D eigenvalue weighted by Crippen LogP contribution is -2.40. The van der Waals surface area contributed by atoms with Crippen LogP contribution in [0, 0.1) is 0 Å². The van der Waals surface area contributed by atoms with Crippen LogP contribution in [0.2, 0.25) is 0 Å². The zero-order valence-electron chi connectivity index (χ0n) is 11.0. The summed E-state index contributed by atoms with van der Waals surface area (Å²) >= 11 is 0. The lowest BCUT2D eigenvalue weighted by molar-refractivity contribution is 0.0622. The summed E-state index contributed by atoms with van der Waals surface area (Å²) in [5, 5.41) is 9.86. The van der Waals surface area contributed by atoms with Crippen molar-refractivity contribution in [3.63, 3.8) is 0 Å². The van der Waals surface area contributed by atoms with Gasteiger partial charge in [-0.05, 0) is 31.0 Å². The second-order valence-corrected chi connectivity index (χ2v) is 4.80. The molecule has 2 aromatic heterocycles. The van der Waals surface area contributed by atoms with Crippen LogP contribution in [0.15, 0.2) is 30.6 Å². The molecule has 1 aliphatic heterocycles. The first-order valence-corrected chi connectivity index (χ1v) is 6.67. The summed E-state index contributed by atoms with van der Waals surface area (Å²) in [6.45, 7) is 1.36. The van der Waals surface area contributed by atoms with Crippen molar-refractivity contribution in [2.75, 3.05) is 13.2 Å². The smallest absolute Gasteiger partial charge is 0.269 e. The zero-order chi connectivity index (χ0) is 13.8.